The summed E-state index contributed by atoms with van der Waals surface area (Å²) in [6, 6.07) is 8.89. The van der Waals surface area contributed by atoms with Crippen LogP contribution < -0.4 is 0 Å². The largest absolute Gasteiger partial charge is 0.331 e. The lowest BCUT2D eigenvalue weighted by Crippen LogP contribution is -2.05. The van der Waals surface area contributed by atoms with Crippen molar-refractivity contribution < 1.29 is 9.63 Å². The van der Waals surface area contributed by atoms with Gasteiger partial charge in [0.1, 0.15) is 0 Å². The number of hydrogen-bond acceptors (Lipinski definition) is 4. The van der Waals surface area contributed by atoms with E-state index in [9.17, 15) is 4.79 Å². The van der Waals surface area contributed by atoms with Crippen LogP contribution in [0.5, 0.6) is 0 Å². The number of carbonyl (C=O) groups is 1. The van der Waals surface area contributed by atoms with Crippen LogP contribution in [-0.2, 0) is 9.63 Å². The summed E-state index contributed by atoms with van der Waals surface area (Å²) in [7, 11) is 0. The summed E-state index contributed by atoms with van der Waals surface area (Å²) in [5.41, 5.74) is 1.97. The summed E-state index contributed by atoms with van der Waals surface area (Å²) >= 11 is 3.25. The zero-order chi connectivity index (χ0) is 12.0. The van der Waals surface area contributed by atoms with E-state index in [1.807, 2.05) is 6.07 Å². The SMILES string of the molecule is CC(=O)ON=C(CBr)c1ccc(C#N)cc1. The highest BCUT2D eigenvalue weighted by Gasteiger charge is 2.03. The number of carbonyl (C=O) groups excluding carboxylic acids is 1. The van der Waals surface area contributed by atoms with E-state index in [1.165, 1.54) is 6.92 Å². The van der Waals surface area contributed by atoms with Crippen molar-refractivity contribution in [3.63, 3.8) is 0 Å². The molecule has 0 spiro atoms. The molecule has 16 heavy (non-hydrogen) atoms. The molecular weight excluding hydrogens is 272 g/mol. The molecule has 0 fully saturated rings. The molecule has 0 N–H and O–H groups in total. The van der Waals surface area contributed by atoms with Gasteiger partial charge < -0.3 is 4.84 Å². The molecule has 0 heterocycles. The van der Waals surface area contributed by atoms with Crippen LogP contribution in [0, 0.1) is 11.3 Å². The molecule has 0 saturated carbocycles. The number of alkyl halides is 1. The van der Waals surface area contributed by atoms with Crippen LogP contribution in [0.25, 0.3) is 0 Å². The van der Waals surface area contributed by atoms with Crippen LogP contribution in [0.4, 0.5) is 0 Å². The minimum Gasteiger partial charge on any atom is -0.318 e. The fourth-order valence-electron chi connectivity index (χ4n) is 1.01. The quantitative estimate of drug-likeness (QED) is 0.369. The van der Waals surface area contributed by atoms with E-state index in [-0.39, 0.29) is 0 Å². The molecule has 0 atom stereocenters. The lowest BCUT2D eigenvalue weighted by atomic mass is 10.1. The van der Waals surface area contributed by atoms with Crippen LogP contribution in [0.1, 0.15) is 18.1 Å². The van der Waals surface area contributed by atoms with Crippen molar-refractivity contribution in [3.8, 4) is 6.07 Å². The van der Waals surface area contributed by atoms with Crippen molar-refractivity contribution in [1.29, 1.82) is 5.26 Å². The fourth-order valence-corrected chi connectivity index (χ4v) is 1.44. The van der Waals surface area contributed by atoms with Gasteiger partial charge in [0.25, 0.3) is 0 Å². The first-order valence-corrected chi connectivity index (χ1v) is 5.60. The molecule has 0 saturated heterocycles. The van der Waals surface area contributed by atoms with E-state index in [4.69, 9.17) is 5.26 Å². The van der Waals surface area contributed by atoms with E-state index in [0.29, 0.717) is 16.6 Å². The van der Waals surface area contributed by atoms with Crippen LogP contribution in [0.15, 0.2) is 29.4 Å². The summed E-state index contributed by atoms with van der Waals surface area (Å²) in [4.78, 5) is 15.2. The Hall–Kier alpha value is -1.67. The molecule has 0 aliphatic carbocycles. The number of oxime groups is 1. The van der Waals surface area contributed by atoms with Gasteiger partial charge in [-0.05, 0) is 12.1 Å². The maximum atomic E-state index is 10.6. The second kappa shape index (κ2) is 6.03. The second-order valence-electron chi connectivity index (χ2n) is 2.94. The zero-order valence-electron chi connectivity index (χ0n) is 8.61. The van der Waals surface area contributed by atoms with Gasteiger partial charge in [-0.1, -0.05) is 33.2 Å². The van der Waals surface area contributed by atoms with E-state index < -0.39 is 5.97 Å². The van der Waals surface area contributed by atoms with Gasteiger partial charge in [-0.25, -0.2) is 4.79 Å². The van der Waals surface area contributed by atoms with Gasteiger partial charge in [0.15, 0.2) is 0 Å². The first-order valence-electron chi connectivity index (χ1n) is 4.48. The Morgan fingerprint density at radius 2 is 2.12 bits per heavy atom. The monoisotopic (exact) mass is 280 g/mol. The smallest absolute Gasteiger partial charge is 0.318 e. The molecule has 0 aliphatic heterocycles. The molecule has 4 nitrogen and oxygen atoms in total. The molecule has 0 aliphatic rings. The molecule has 82 valence electrons. The number of hydrogen-bond donors (Lipinski definition) is 0. The lowest BCUT2D eigenvalue weighted by Gasteiger charge is -2.01. The number of benzene rings is 1. The molecule has 0 bridgehead atoms. The van der Waals surface area contributed by atoms with E-state index in [0.717, 1.165) is 5.56 Å². The molecule has 0 aromatic heterocycles. The van der Waals surface area contributed by atoms with Crippen molar-refractivity contribution in [1.82, 2.24) is 0 Å². The number of nitriles is 1. The predicted octanol–water partition coefficient (Wildman–Crippen LogP) is 2.22. The Bertz CT molecular complexity index is 446. The van der Waals surface area contributed by atoms with Crippen molar-refractivity contribution in [2.24, 2.45) is 5.16 Å². The molecule has 0 unspecified atom stereocenters. The van der Waals surface area contributed by atoms with Crippen molar-refractivity contribution in [2.75, 3.05) is 5.33 Å². The van der Waals surface area contributed by atoms with Crippen molar-refractivity contribution in [3.05, 3.63) is 35.4 Å². The summed E-state index contributed by atoms with van der Waals surface area (Å²) in [6.45, 7) is 1.29. The molecule has 0 radical (unpaired) electrons. The van der Waals surface area contributed by atoms with E-state index in [2.05, 4.69) is 25.9 Å². The molecule has 1 aromatic carbocycles. The van der Waals surface area contributed by atoms with Gasteiger partial charge in [-0.15, -0.1) is 0 Å². The third-order valence-corrected chi connectivity index (χ3v) is 2.29. The van der Waals surface area contributed by atoms with Crippen LogP contribution in [0.3, 0.4) is 0 Å². The maximum absolute atomic E-state index is 10.6. The van der Waals surface area contributed by atoms with Crippen LogP contribution in [0.2, 0.25) is 0 Å². The maximum Gasteiger partial charge on any atom is 0.331 e. The third-order valence-electron chi connectivity index (χ3n) is 1.76. The highest BCUT2D eigenvalue weighted by Crippen LogP contribution is 2.07. The number of halogens is 1. The Morgan fingerprint density at radius 3 is 2.56 bits per heavy atom. The average Bonchev–Trinajstić information content (AvgIpc) is 2.30. The standard InChI is InChI=1S/C11H9BrN2O2/c1-8(15)16-14-11(6-12)10-4-2-9(7-13)3-5-10/h2-5H,6H2,1H3. The summed E-state index contributed by atoms with van der Waals surface area (Å²) in [5.74, 6) is -0.466. The zero-order valence-corrected chi connectivity index (χ0v) is 10.2. The van der Waals surface area contributed by atoms with Gasteiger partial charge >= 0.3 is 5.97 Å². The van der Waals surface area contributed by atoms with Crippen molar-refractivity contribution >= 4 is 27.6 Å². The Kier molecular flexibility index (Phi) is 4.67. The van der Waals surface area contributed by atoms with Gasteiger partial charge in [0.05, 0.1) is 17.3 Å². The minimum atomic E-state index is -0.466. The molecule has 5 heteroatoms. The normalized spacial score (nSPS) is 10.7. The molecule has 0 amide bonds. The van der Waals surface area contributed by atoms with Crippen LogP contribution in [-0.4, -0.2) is 17.0 Å². The summed E-state index contributed by atoms with van der Waals surface area (Å²) in [5, 5.41) is 12.8. The Balaban J connectivity index is 2.91. The van der Waals surface area contributed by atoms with E-state index >= 15 is 0 Å². The van der Waals surface area contributed by atoms with Crippen molar-refractivity contribution in [2.45, 2.75) is 6.92 Å². The predicted molar refractivity (Wildman–Crippen MR) is 63.3 cm³/mol. The molecule has 1 rings (SSSR count). The average molecular weight is 281 g/mol. The topological polar surface area (TPSA) is 62.4 Å². The van der Waals surface area contributed by atoms with Gasteiger partial charge in [-0.2, -0.15) is 5.26 Å². The summed E-state index contributed by atoms with van der Waals surface area (Å²) in [6.07, 6.45) is 0. The Morgan fingerprint density at radius 1 is 1.50 bits per heavy atom. The second-order valence-corrected chi connectivity index (χ2v) is 3.50. The van der Waals surface area contributed by atoms with Gasteiger partial charge in [0.2, 0.25) is 0 Å². The fraction of sp³-hybridized carbons (Fsp3) is 0.182. The summed E-state index contributed by atoms with van der Waals surface area (Å²) < 4.78 is 0. The van der Waals surface area contributed by atoms with E-state index in [1.54, 1.807) is 24.3 Å². The third kappa shape index (κ3) is 3.48. The number of nitrogens with zero attached hydrogens (tertiary/aromatic N) is 2. The molecule has 1 aromatic rings. The lowest BCUT2D eigenvalue weighted by molar-refractivity contribution is -0.140. The first kappa shape index (κ1) is 12.4. The molecular formula is C11H9BrN2O2. The van der Waals surface area contributed by atoms with Gasteiger partial charge in [-0.3, -0.25) is 0 Å². The Labute approximate surface area is 102 Å². The van der Waals surface area contributed by atoms with Crippen LogP contribution >= 0.6 is 15.9 Å². The first-order chi connectivity index (χ1) is 7.67. The minimum absolute atomic E-state index is 0.464. The van der Waals surface area contributed by atoms with Gasteiger partial charge in [0, 0.05) is 17.8 Å². The highest BCUT2D eigenvalue weighted by atomic mass is 79.9. The number of rotatable bonds is 3. The highest BCUT2D eigenvalue weighted by molar-refractivity contribution is 9.09.